The Morgan fingerprint density at radius 2 is 1.59 bits per heavy atom. The molecule has 4 nitrogen and oxygen atoms in total. The number of hydrogen-bond acceptors (Lipinski definition) is 2. The summed E-state index contributed by atoms with van der Waals surface area (Å²) < 4.78 is 0. The summed E-state index contributed by atoms with van der Waals surface area (Å²) in [5.41, 5.74) is 0. The second-order valence-corrected chi connectivity index (χ2v) is 7.45. The molecule has 0 bridgehead atoms. The first-order valence-corrected chi connectivity index (χ1v) is 9.14. The molecule has 2 aliphatic rings. The van der Waals surface area contributed by atoms with Crippen molar-refractivity contribution >= 4 is 11.8 Å². The van der Waals surface area contributed by atoms with Crippen LogP contribution in [0.1, 0.15) is 71.6 Å². The van der Waals surface area contributed by atoms with Crippen LogP contribution in [0.3, 0.4) is 0 Å². The number of nitrogens with zero attached hydrogens (tertiary/aromatic N) is 1. The van der Waals surface area contributed by atoms with Crippen LogP contribution in [0.25, 0.3) is 0 Å². The molecule has 0 aromatic rings. The van der Waals surface area contributed by atoms with E-state index in [1.807, 2.05) is 4.90 Å². The van der Waals surface area contributed by atoms with Crippen molar-refractivity contribution < 1.29 is 9.59 Å². The fourth-order valence-electron chi connectivity index (χ4n) is 3.61. The molecule has 1 N–H and O–H groups in total. The van der Waals surface area contributed by atoms with Gasteiger partial charge in [-0.3, -0.25) is 9.59 Å². The third kappa shape index (κ3) is 5.29. The zero-order valence-corrected chi connectivity index (χ0v) is 14.3. The van der Waals surface area contributed by atoms with Crippen LogP contribution in [0.4, 0.5) is 0 Å². The van der Waals surface area contributed by atoms with Gasteiger partial charge in [-0.1, -0.05) is 39.5 Å². The quantitative estimate of drug-likeness (QED) is 0.811. The molecule has 1 saturated carbocycles. The molecular weight excluding hydrogens is 276 g/mol. The highest BCUT2D eigenvalue weighted by atomic mass is 16.2. The lowest BCUT2D eigenvalue weighted by molar-refractivity contribution is -0.136. The predicted octanol–water partition coefficient (Wildman–Crippen LogP) is 3.11. The molecule has 22 heavy (non-hydrogen) atoms. The Balaban J connectivity index is 1.73. The number of carbonyl (C=O) groups is 2. The smallest absolute Gasteiger partial charge is 0.223 e. The first kappa shape index (κ1) is 17.3. The number of amides is 2. The van der Waals surface area contributed by atoms with Crippen LogP contribution in [-0.4, -0.2) is 35.8 Å². The minimum Gasteiger partial charge on any atom is -0.353 e. The third-order valence-corrected chi connectivity index (χ3v) is 5.00. The molecule has 0 radical (unpaired) electrons. The fourth-order valence-corrected chi connectivity index (χ4v) is 3.61. The average Bonchev–Trinajstić information content (AvgIpc) is 2.75. The van der Waals surface area contributed by atoms with Gasteiger partial charge in [0.15, 0.2) is 0 Å². The van der Waals surface area contributed by atoms with Crippen LogP contribution < -0.4 is 5.32 Å². The van der Waals surface area contributed by atoms with Crippen molar-refractivity contribution in [1.82, 2.24) is 10.2 Å². The maximum atomic E-state index is 12.4. The molecule has 2 rings (SSSR count). The van der Waals surface area contributed by atoms with Crippen molar-refractivity contribution in [3.05, 3.63) is 0 Å². The zero-order valence-electron chi connectivity index (χ0n) is 14.3. The Kier molecular flexibility index (Phi) is 6.71. The van der Waals surface area contributed by atoms with E-state index in [1.54, 1.807) is 0 Å². The van der Waals surface area contributed by atoms with Crippen molar-refractivity contribution in [2.75, 3.05) is 13.1 Å². The van der Waals surface area contributed by atoms with Gasteiger partial charge in [0.25, 0.3) is 0 Å². The topological polar surface area (TPSA) is 49.4 Å². The van der Waals surface area contributed by atoms with Crippen LogP contribution in [0.15, 0.2) is 0 Å². The molecule has 0 atom stereocenters. The van der Waals surface area contributed by atoms with Crippen LogP contribution in [-0.2, 0) is 9.59 Å². The summed E-state index contributed by atoms with van der Waals surface area (Å²) in [5.74, 6) is 0.982. The normalized spacial score (nSPS) is 21.7. The Labute approximate surface area is 135 Å². The molecule has 1 aliphatic heterocycles. The fraction of sp³-hybridized carbons (Fsp3) is 0.889. The Bertz CT molecular complexity index is 365. The van der Waals surface area contributed by atoms with E-state index >= 15 is 0 Å². The van der Waals surface area contributed by atoms with E-state index in [0.29, 0.717) is 18.4 Å². The molecule has 2 fully saturated rings. The van der Waals surface area contributed by atoms with Crippen molar-refractivity contribution in [1.29, 1.82) is 0 Å². The molecule has 2 amide bonds. The first-order chi connectivity index (χ1) is 10.6. The number of nitrogens with one attached hydrogen (secondary N) is 1. The van der Waals surface area contributed by atoms with E-state index in [9.17, 15) is 9.59 Å². The van der Waals surface area contributed by atoms with Crippen LogP contribution >= 0.6 is 0 Å². The van der Waals surface area contributed by atoms with E-state index in [0.717, 1.165) is 38.8 Å². The SMILES string of the molecule is CC(C)CC(=O)N1CCC(C(=O)NC2CCCCCC2)CC1. The van der Waals surface area contributed by atoms with E-state index in [4.69, 9.17) is 0 Å². The third-order valence-electron chi connectivity index (χ3n) is 5.00. The molecule has 0 aromatic heterocycles. The summed E-state index contributed by atoms with van der Waals surface area (Å²) in [4.78, 5) is 26.4. The minimum atomic E-state index is 0.103. The molecule has 0 spiro atoms. The highest BCUT2D eigenvalue weighted by Gasteiger charge is 2.28. The molecule has 0 aromatic carbocycles. The van der Waals surface area contributed by atoms with E-state index in [1.165, 1.54) is 25.7 Å². The van der Waals surface area contributed by atoms with E-state index < -0.39 is 0 Å². The summed E-state index contributed by atoms with van der Waals surface area (Å²) in [6.07, 6.45) is 9.64. The Morgan fingerprint density at radius 1 is 1.00 bits per heavy atom. The summed E-state index contributed by atoms with van der Waals surface area (Å²) in [7, 11) is 0. The minimum absolute atomic E-state index is 0.103. The summed E-state index contributed by atoms with van der Waals surface area (Å²) >= 11 is 0. The average molecular weight is 308 g/mol. The summed E-state index contributed by atoms with van der Waals surface area (Å²) in [5, 5.41) is 3.26. The number of hydrogen-bond donors (Lipinski definition) is 1. The molecule has 126 valence electrons. The molecule has 1 saturated heterocycles. The van der Waals surface area contributed by atoms with Crippen molar-refractivity contribution in [3.8, 4) is 0 Å². The Morgan fingerprint density at radius 3 is 2.14 bits per heavy atom. The lowest BCUT2D eigenvalue weighted by Gasteiger charge is -2.32. The lowest BCUT2D eigenvalue weighted by atomic mass is 9.94. The van der Waals surface area contributed by atoms with E-state index in [2.05, 4.69) is 19.2 Å². The maximum absolute atomic E-state index is 12.4. The number of rotatable bonds is 4. The first-order valence-electron chi connectivity index (χ1n) is 9.14. The van der Waals surface area contributed by atoms with Gasteiger partial charge in [0, 0.05) is 31.5 Å². The van der Waals surface area contributed by atoms with Gasteiger partial charge in [-0.2, -0.15) is 0 Å². The largest absolute Gasteiger partial charge is 0.353 e. The standard InChI is InChI=1S/C18H32N2O2/c1-14(2)13-17(21)20-11-9-15(10-12-20)18(22)19-16-7-5-3-4-6-8-16/h14-16H,3-13H2,1-2H3,(H,19,22). The summed E-state index contributed by atoms with van der Waals surface area (Å²) in [6.45, 7) is 5.64. The van der Waals surface area contributed by atoms with Gasteiger partial charge in [0.05, 0.1) is 0 Å². The van der Waals surface area contributed by atoms with Gasteiger partial charge >= 0.3 is 0 Å². The van der Waals surface area contributed by atoms with Gasteiger partial charge in [-0.25, -0.2) is 0 Å². The van der Waals surface area contributed by atoms with Crippen molar-refractivity contribution in [3.63, 3.8) is 0 Å². The molecule has 1 heterocycles. The van der Waals surface area contributed by atoms with Crippen molar-refractivity contribution in [2.45, 2.75) is 77.7 Å². The van der Waals surface area contributed by atoms with Gasteiger partial charge in [0.2, 0.25) is 11.8 Å². The highest BCUT2D eigenvalue weighted by Crippen LogP contribution is 2.21. The molecule has 4 heteroatoms. The number of carbonyl (C=O) groups excluding carboxylic acids is 2. The van der Waals surface area contributed by atoms with Crippen LogP contribution in [0.5, 0.6) is 0 Å². The lowest BCUT2D eigenvalue weighted by Crippen LogP contribution is -2.45. The van der Waals surface area contributed by atoms with Crippen LogP contribution in [0, 0.1) is 11.8 Å². The number of piperidine rings is 1. The Hall–Kier alpha value is -1.06. The monoisotopic (exact) mass is 308 g/mol. The van der Waals surface area contributed by atoms with Gasteiger partial charge in [0.1, 0.15) is 0 Å². The van der Waals surface area contributed by atoms with Gasteiger partial charge in [-0.05, 0) is 31.6 Å². The molecule has 1 aliphatic carbocycles. The second kappa shape index (κ2) is 8.54. The van der Waals surface area contributed by atoms with Crippen molar-refractivity contribution in [2.24, 2.45) is 11.8 Å². The molecule has 0 unspecified atom stereocenters. The van der Waals surface area contributed by atoms with E-state index in [-0.39, 0.29) is 17.7 Å². The van der Waals surface area contributed by atoms with Gasteiger partial charge < -0.3 is 10.2 Å². The van der Waals surface area contributed by atoms with Crippen LogP contribution in [0.2, 0.25) is 0 Å². The number of likely N-dealkylation sites (tertiary alicyclic amines) is 1. The highest BCUT2D eigenvalue weighted by molar-refractivity contribution is 5.80. The summed E-state index contributed by atoms with van der Waals surface area (Å²) in [6, 6.07) is 0.385. The maximum Gasteiger partial charge on any atom is 0.223 e. The van der Waals surface area contributed by atoms with Gasteiger partial charge in [-0.15, -0.1) is 0 Å². The predicted molar refractivity (Wildman–Crippen MR) is 88.4 cm³/mol. The second-order valence-electron chi connectivity index (χ2n) is 7.45. The molecular formula is C18H32N2O2. The zero-order chi connectivity index (χ0) is 15.9.